The zero-order chi connectivity index (χ0) is 16.3. The third-order valence-electron chi connectivity index (χ3n) is 4.28. The van der Waals surface area contributed by atoms with Crippen LogP contribution in [0, 0.1) is 6.92 Å². The summed E-state index contributed by atoms with van der Waals surface area (Å²) < 4.78 is 0. The molecular weight excluding hydrogens is 278 g/mol. The predicted molar refractivity (Wildman–Crippen MR) is 87.4 cm³/mol. The summed E-state index contributed by atoms with van der Waals surface area (Å²) in [7, 11) is 0. The van der Waals surface area contributed by atoms with Gasteiger partial charge in [-0.05, 0) is 26.3 Å². The highest BCUT2D eigenvalue weighted by Gasteiger charge is 2.30. The molecule has 0 aromatic heterocycles. The Morgan fingerprint density at radius 3 is 2.55 bits per heavy atom. The van der Waals surface area contributed by atoms with E-state index in [0.717, 1.165) is 17.7 Å². The van der Waals surface area contributed by atoms with Crippen molar-refractivity contribution in [3.05, 3.63) is 35.4 Å². The second-order valence-corrected chi connectivity index (χ2v) is 6.37. The normalized spacial score (nSPS) is 22.4. The molecule has 0 spiro atoms. The molecule has 2 rings (SSSR count). The van der Waals surface area contributed by atoms with Gasteiger partial charge in [-0.1, -0.05) is 29.8 Å². The molecular formula is C17H27N3O2. The van der Waals surface area contributed by atoms with E-state index in [4.69, 9.17) is 5.73 Å². The molecule has 3 atom stereocenters. The van der Waals surface area contributed by atoms with Gasteiger partial charge in [-0.3, -0.25) is 9.69 Å². The number of nitrogens with zero attached hydrogens (tertiary/aromatic N) is 2. The lowest BCUT2D eigenvalue weighted by molar-refractivity contribution is -0.135. The molecule has 0 aliphatic carbocycles. The molecule has 0 radical (unpaired) electrons. The number of amides is 1. The number of nitrogens with two attached hydrogens (primary N) is 1. The van der Waals surface area contributed by atoms with E-state index in [1.807, 2.05) is 36.1 Å². The molecule has 1 fully saturated rings. The molecule has 22 heavy (non-hydrogen) atoms. The minimum Gasteiger partial charge on any atom is -0.392 e. The molecule has 0 saturated carbocycles. The first kappa shape index (κ1) is 16.9. The van der Waals surface area contributed by atoms with E-state index in [-0.39, 0.29) is 18.1 Å². The van der Waals surface area contributed by atoms with Gasteiger partial charge in [0.05, 0.1) is 6.10 Å². The van der Waals surface area contributed by atoms with E-state index in [0.29, 0.717) is 19.6 Å². The maximum atomic E-state index is 12.6. The summed E-state index contributed by atoms with van der Waals surface area (Å²) in [6, 6.07) is 7.43. The fraction of sp³-hybridized carbons (Fsp3) is 0.588. The minimum absolute atomic E-state index is 0.0209. The number of aliphatic hydroxyl groups is 1. The Balaban J connectivity index is 1.97. The van der Waals surface area contributed by atoms with Gasteiger partial charge in [0.2, 0.25) is 5.91 Å². The quantitative estimate of drug-likeness (QED) is 0.867. The van der Waals surface area contributed by atoms with E-state index < -0.39 is 6.04 Å². The van der Waals surface area contributed by atoms with Crippen LogP contribution in [0.25, 0.3) is 0 Å². The smallest absolute Gasteiger partial charge is 0.244 e. The molecule has 0 bridgehead atoms. The fourth-order valence-electron chi connectivity index (χ4n) is 2.92. The molecule has 122 valence electrons. The van der Waals surface area contributed by atoms with Gasteiger partial charge in [0, 0.05) is 32.2 Å². The summed E-state index contributed by atoms with van der Waals surface area (Å²) in [5.74, 6) is -0.0209. The molecule has 5 nitrogen and oxygen atoms in total. The lowest BCUT2D eigenvalue weighted by Crippen LogP contribution is -2.56. The van der Waals surface area contributed by atoms with Crippen molar-refractivity contribution in [1.29, 1.82) is 0 Å². The molecule has 1 aromatic rings. The predicted octanol–water partition coefficient (Wildman–Crippen LogP) is 0.908. The highest BCUT2D eigenvalue weighted by Crippen LogP contribution is 2.17. The van der Waals surface area contributed by atoms with Crippen LogP contribution in [0.2, 0.25) is 0 Å². The number of hydrogen-bond acceptors (Lipinski definition) is 4. The van der Waals surface area contributed by atoms with Gasteiger partial charge in [-0.15, -0.1) is 0 Å². The third kappa shape index (κ3) is 4.06. The van der Waals surface area contributed by atoms with Crippen molar-refractivity contribution in [3.8, 4) is 0 Å². The lowest BCUT2D eigenvalue weighted by Gasteiger charge is -2.41. The summed E-state index contributed by atoms with van der Waals surface area (Å²) in [5.41, 5.74) is 8.15. The van der Waals surface area contributed by atoms with Crippen LogP contribution in [0.15, 0.2) is 24.3 Å². The van der Waals surface area contributed by atoms with Gasteiger partial charge in [0.25, 0.3) is 0 Å². The van der Waals surface area contributed by atoms with Crippen LogP contribution < -0.4 is 5.73 Å². The zero-order valence-electron chi connectivity index (χ0n) is 13.7. The van der Waals surface area contributed by atoms with Crippen LogP contribution >= 0.6 is 0 Å². The maximum absolute atomic E-state index is 12.6. The number of aliphatic hydroxyl groups excluding tert-OH is 1. The van der Waals surface area contributed by atoms with Crippen LogP contribution in [0.1, 0.15) is 31.0 Å². The molecule has 5 heteroatoms. The Morgan fingerprint density at radius 2 is 2.00 bits per heavy atom. The standard InChI is InChI=1S/C17H27N3O2/c1-12-4-6-15(7-5-12)16(18)17(22)20-9-8-19(11-14(3)21)13(2)10-20/h4-7,13-14,16,21H,8-11,18H2,1-3H3. The third-order valence-corrected chi connectivity index (χ3v) is 4.28. The number of piperazine rings is 1. The van der Waals surface area contributed by atoms with Crippen LogP contribution in [0.5, 0.6) is 0 Å². The van der Waals surface area contributed by atoms with Gasteiger partial charge in [0.1, 0.15) is 6.04 Å². The Hall–Kier alpha value is -1.43. The van der Waals surface area contributed by atoms with E-state index in [1.54, 1.807) is 6.92 Å². The zero-order valence-corrected chi connectivity index (χ0v) is 13.7. The van der Waals surface area contributed by atoms with Crippen molar-refractivity contribution < 1.29 is 9.90 Å². The Bertz CT molecular complexity index is 501. The average molecular weight is 305 g/mol. The molecule has 1 aromatic carbocycles. The number of aryl methyl sites for hydroxylation is 1. The van der Waals surface area contributed by atoms with E-state index >= 15 is 0 Å². The number of carbonyl (C=O) groups excluding carboxylic acids is 1. The first-order valence-corrected chi connectivity index (χ1v) is 7.91. The van der Waals surface area contributed by atoms with Gasteiger partial charge >= 0.3 is 0 Å². The maximum Gasteiger partial charge on any atom is 0.244 e. The van der Waals surface area contributed by atoms with Gasteiger partial charge in [-0.2, -0.15) is 0 Å². The molecule has 1 aliphatic rings. The summed E-state index contributed by atoms with van der Waals surface area (Å²) in [6.45, 7) is 8.63. The van der Waals surface area contributed by atoms with Crippen LogP contribution in [-0.4, -0.2) is 59.1 Å². The molecule has 1 aliphatic heterocycles. The second kappa shape index (κ2) is 7.22. The number of β-amino-alcohol motifs (C(OH)–C–C–N with tert-alkyl or cyclic N) is 1. The fourth-order valence-corrected chi connectivity index (χ4v) is 2.92. The van der Waals surface area contributed by atoms with Gasteiger partial charge in [0.15, 0.2) is 0 Å². The van der Waals surface area contributed by atoms with Crippen molar-refractivity contribution in [2.75, 3.05) is 26.2 Å². The van der Waals surface area contributed by atoms with Crippen molar-refractivity contribution in [3.63, 3.8) is 0 Å². The first-order valence-electron chi connectivity index (χ1n) is 7.91. The van der Waals surface area contributed by atoms with Crippen LogP contribution in [0.3, 0.4) is 0 Å². The molecule has 1 saturated heterocycles. The highest BCUT2D eigenvalue weighted by molar-refractivity contribution is 5.83. The molecule has 3 N–H and O–H groups in total. The topological polar surface area (TPSA) is 69.8 Å². The lowest BCUT2D eigenvalue weighted by atomic mass is 10.0. The number of benzene rings is 1. The molecule has 3 unspecified atom stereocenters. The largest absolute Gasteiger partial charge is 0.392 e. The first-order chi connectivity index (χ1) is 10.4. The molecule has 1 amide bonds. The van der Waals surface area contributed by atoms with Crippen molar-refractivity contribution >= 4 is 5.91 Å². The summed E-state index contributed by atoms with van der Waals surface area (Å²) in [4.78, 5) is 16.6. The number of rotatable bonds is 4. The Morgan fingerprint density at radius 1 is 1.36 bits per heavy atom. The highest BCUT2D eigenvalue weighted by atomic mass is 16.3. The van der Waals surface area contributed by atoms with Gasteiger partial charge < -0.3 is 15.7 Å². The monoisotopic (exact) mass is 305 g/mol. The van der Waals surface area contributed by atoms with E-state index in [9.17, 15) is 9.90 Å². The Kier molecular flexibility index (Phi) is 5.56. The van der Waals surface area contributed by atoms with Crippen molar-refractivity contribution in [1.82, 2.24) is 9.80 Å². The van der Waals surface area contributed by atoms with E-state index in [1.165, 1.54) is 0 Å². The minimum atomic E-state index is -0.601. The summed E-state index contributed by atoms with van der Waals surface area (Å²) in [6.07, 6.45) is -0.348. The number of hydrogen-bond donors (Lipinski definition) is 2. The van der Waals surface area contributed by atoms with Crippen LogP contribution in [0.4, 0.5) is 0 Å². The van der Waals surface area contributed by atoms with Crippen LogP contribution in [-0.2, 0) is 4.79 Å². The number of carbonyl (C=O) groups is 1. The van der Waals surface area contributed by atoms with E-state index in [2.05, 4.69) is 11.8 Å². The SMILES string of the molecule is Cc1ccc(C(N)C(=O)N2CCN(CC(C)O)C(C)C2)cc1. The van der Waals surface area contributed by atoms with Gasteiger partial charge in [-0.25, -0.2) is 0 Å². The summed E-state index contributed by atoms with van der Waals surface area (Å²) in [5, 5.41) is 9.51. The van der Waals surface area contributed by atoms with Crippen molar-refractivity contribution in [2.24, 2.45) is 5.73 Å². The molecule has 1 heterocycles. The summed E-state index contributed by atoms with van der Waals surface area (Å²) >= 11 is 0. The second-order valence-electron chi connectivity index (χ2n) is 6.37. The Labute approximate surface area is 132 Å². The average Bonchev–Trinajstić information content (AvgIpc) is 2.48. The van der Waals surface area contributed by atoms with Crippen molar-refractivity contribution in [2.45, 2.75) is 39.0 Å².